The first-order chi connectivity index (χ1) is 5.22. The van der Waals surface area contributed by atoms with Crippen LogP contribution >= 0.6 is 11.3 Å². The molecule has 1 aromatic heterocycles. The number of hydrogen-bond donors (Lipinski definition) is 2. The molecule has 0 aromatic carbocycles. The lowest BCUT2D eigenvalue weighted by atomic mass is 10.5. The smallest absolute Gasteiger partial charge is 0.221 e. The van der Waals surface area contributed by atoms with E-state index in [4.69, 9.17) is 5.73 Å². The summed E-state index contributed by atoms with van der Waals surface area (Å²) in [5.41, 5.74) is 5.39. The van der Waals surface area contributed by atoms with Gasteiger partial charge in [-0.05, 0) is 12.1 Å². The van der Waals surface area contributed by atoms with Gasteiger partial charge in [0, 0.05) is 18.3 Å². The Labute approximate surface area is 69.2 Å². The first-order valence-electron chi connectivity index (χ1n) is 3.28. The maximum atomic E-state index is 10.6. The third-order valence-corrected chi connectivity index (χ3v) is 2.19. The molecule has 0 spiro atoms. The Kier molecular flexibility index (Phi) is 2.62. The number of nitrogens with one attached hydrogen (secondary N) is 1. The van der Waals surface area contributed by atoms with Gasteiger partial charge in [0.1, 0.15) is 0 Å². The van der Waals surface area contributed by atoms with Crippen molar-refractivity contribution in [2.24, 2.45) is 5.73 Å². The van der Waals surface area contributed by atoms with Gasteiger partial charge in [-0.1, -0.05) is 0 Å². The topological polar surface area (TPSA) is 55.1 Å². The highest BCUT2D eigenvalue weighted by Gasteiger charge is 1.98. The van der Waals surface area contributed by atoms with E-state index < -0.39 is 0 Å². The highest BCUT2D eigenvalue weighted by molar-refractivity contribution is 7.16. The molecular weight excluding hydrogens is 160 g/mol. The predicted molar refractivity (Wildman–Crippen MR) is 46.5 cm³/mol. The summed E-state index contributed by atoms with van der Waals surface area (Å²) in [6.07, 6.45) is 0. The average Bonchev–Trinajstić information content (AvgIpc) is 2.34. The molecule has 1 heterocycles. The quantitative estimate of drug-likeness (QED) is 0.700. The van der Waals surface area contributed by atoms with Gasteiger partial charge in [-0.2, -0.15) is 0 Å². The zero-order chi connectivity index (χ0) is 8.27. The van der Waals surface area contributed by atoms with Crippen molar-refractivity contribution < 1.29 is 4.79 Å². The minimum Gasteiger partial charge on any atom is -0.326 e. The van der Waals surface area contributed by atoms with Crippen LogP contribution < -0.4 is 11.1 Å². The molecule has 0 fully saturated rings. The van der Waals surface area contributed by atoms with E-state index >= 15 is 0 Å². The molecule has 0 aliphatic heterocycles. The van der Waals surface area contributed by atoms with Crippen LogP contribution in [-0.4, -0.2) is 5.91 Å². The normalized spacial score (nSPS) is 9.64. The van der Waals surface area contributed by atoms with Crippen molar-refractivity contribution in [3.05, 3.63) is 17.0 Å². The van der Waals surface area contributed by atoms with Crippen molar-refractivity contribution >= 4 is 22.2 Å². The molecule has 1 amide bonds. The Morgan fingerprint density at radius 2 is 2.45 bits per heavy atom. The number of anilines is 1. The largest absolute Gasteiger partial charge is 0.326 e. The summed E-state index contributed by atoms with van der Waals surface area (Å²) < 4.78 is 0. The Balaban J connectivity index is 2.65. The first-order valence-corrected chi connectivity index (χ1v) is 4.10. The highest BCUT2D eigenvalue weighted by Crippen LogP contribution is 2.20. The first kappa shape index (κ1) is 8.23. The maximum absolute atomic E-state index is 10.6. The number of amides is 1. The van der Waals surface area contributed by atoms with Crippen molar-refractivity contribution in [3.63, 3.8) is 0 Å². The molecule has 11 heavy (non-hydrogen) atoms. The second-order valence-corrected chi connectivity index (χ2v) is 3.32. The fourth-order valence-corrected chi connectivity index (χ4v) is 1.56. The zero-order valence-electron chi connectivity index (χ0n) is 6.26. The van der Waals surface area contributed by atoms with Gasteiger partial charge in [0.25, 0.3) is 0 Å². The molecule has 0 saturated carbocycles. The number of thiophene rings is 1. The van der Waals surface area contributed by atoms with Crippen LogP contribution in [-0.2, 0) is 11.3 Å². The van der Waals surface area contributed by atoms with E-state index in [1.54, 1.807) is 0 Å². The Morgan fingerprint density at radius 1 is 1.73 bits per heavy atom. The van der Waals surface area contributed by atoms with Gasteiger partial charge < -0.3 is 11.1 Å². The molecule has 0 saturated heterocycles. The van der Waals surface area contributed by atoms with Crippen molar-refractivity contribution in [1.29, 1.82) is 0 Å². The minimum absolute atomic E-state index is 0.0459. The third kappa shape index (κ3) is 2.32. The summed E-state index contributed by atoms with van der Waals surface area (Å²) in [4.78, 5) is 11.7. The van der Waals surface area contributed by atoms with Crippen LogP contribution in [0.5, 0.6) is 0 Å². The summed E-state index contributed by atoms with van der Waals surface area (Å²) in [5, 5.41) is 3.54. The number of carbonyl (C=O) groups excluding carboxylic acids is 1. The highest BCUT2D eigenvalue weighted by atomic mass is 32.1. The van der Waals surface area contributed by atoms with Gasteiger partial charge in [0.05, 0.1) is 5.00 Å². The monoisotopic (exact) mass is 170 g/mol. The molecule has 3 N–H and O–H groups in total. The summed E-state index contributed by atoms with van der Waals surface area (Å²) in [6.45, 7) is 2.02. The van der Waals surface area contributed by atoms with Crippen LogP contribution in [0.4, 0.5) is 5.00 Å². The molecule has 60 valence electrons. The molecule has 3 nitrogen and oxygen atoms in total. The van der Waals surface area contributed by atoms with Gasteiger partial charge in [-0.3, -0.25) is 4.79 Å². The lowest BCUT2D eigenvalue weighted by Crippen LogP contribution is -2.03. The van der Waals surface area contributed by atoms with E-state index in [9.17, 15) is 4.79 Å². The molecule has 0 atom stereocenters. The van der Waals surface area contributed by atoms with Gasteiger partial charge >= 0.3 is 0 Å². The van der Waals surface area contributed by atoms with Crippen LogP contribution in [0, 0.1) is 0 Å². The van der Waals surface area contributed by atoms with E-state index in [2.05, 4.69) is 5.32 Å². The van der Waals surface area contributed by atoms with Gasteiger partial charge in [0.15, 0.2) is 0 Å². The predicted octanol–water partition coefficient (Wildman–Crippen LogP) is 1.17. The summed E-state index contributed by atoms with van der Waals surface area (Å²) in [5.74, 6) is -0.0459. The maximum Gasteiger partial charge on any atom is 0.221 e. The number of hydrogen-bond acceptors (Lipinski definition) is 3. The standard InChI is InChI=1S/C7H10N2OS/c1-5(10)9-7-3-2-6(4-8)11-7/h2-3H,4,8H2,1H3,(H,9,10). The van der Waals surface area contributed by atoms with Crippen LogP contribution in [0.2, 0.25) is 0 Å². The Morgan fingerprint density at radius 3 is 2.91 bits per heavy atom. The van der Waals surface area contributed by atoms with Crippen molar-refractivity contribution in [2.45, 2.75) is 13.5 Å². The second kappa shape index (κ2) is 3.50. The molecule has 1 rings (SSSR count). The molecule has 0 aliphatic rings. The lowest BCUT2D eigenvalue weighted by Gasteiger charge is -1.93. The molecule has 0 radical (unpaired) electrons. The minimum atomic E-state index is -0.0459. The molecule has 0 bridgehead atoms. The van der Waals surface area contributed by atoms with Crippen molar-refractivity contribution in [3.8, 4) is 0 Å². The van der Waals surface area contributed by atoms with Crippen LogP contribution in [0.15, 0.2) is 12.1 Å². The number of carbonyl (C=O) groups is 1. The zero-order valence-corrected chi connectivity index (χ0v) is 7.07. The van der Waals surface area contributed by atoms with E-state index in [0.717, 1.165) is 9.88 Å². The summed E-state index contributed by atoms with van der Waals surface area (Å²) >= 11 is 1.50. The fourth-order valence-electron chi connectivity index (χ4n) is 0.728. The van der Waals surface area contributed by atoms with E-state index in [1.165, 1.54) is 18.3 Å². The van der Waals surface area contributed by atoms with Crippen molar-refractivity contribution in [2.75, 3.05) is 5.32 Å². The lowest BCUT2D eigenvalue weighted by molar-refractivity contribution is -0.114. The van der Waals surface area contributed by atoms with E-state index in [1.807, 2.05) is 12.1 Å². The number of rotatable bonds is 2. The Hall–Kier alpha value is -0.870. The SMILES string of the molecule is CC(=O)Nc1ccc(CN)s1. The Bertz CT molecular complexity index is 257. The molecule has 0 unspecified atom stereocenters. The molecule has 4 heteroatoms. The second-order valence-electron chi connectivity index (χ2n) is 2.15. The van der Waals surface area contributed by atoms with Gasteiger partial charge in [0.2, 0.25) is 5.91 Å². The van der Waals surface area contributed by atoms with Crippen LogP contribution in [0.25, 0.3) is 0 Å². The van der Waals surface area contributed by atoms with Crippen molar-refractivity contribution in [1.82, 2.24) is 0 Å². The molecular formula is C7H10N2OS. The summed E-state index contributed by atoms with van der Waals surface area (Å²) in [6, 6.07) is 3.77. The fraction of sp³-hybridized carbons (Fsp3) is 0.286. The van der Waals surface area contributed by atoms with Crippen LogP contribution in [0.1, 0.15) is 11.8 Å². The average molecular weight is 170 g/mol. The molecule has 1 aromatic rings. The van der Waals surface area contributed by atoms with E-state index in [-0.39, 0.29) is 5.91 Å². The van der Waals surface area contributed by atoms with E-state index in [0.29, 0.717) is 6.54 Å². The van der Waals surface area contributed by atoms with Gasteiger partial charge in [-0.25, -0.2) is 0 Å². The van der Waals surface area contributed by atoms with Gasteiger partial charge in [-0.15, -0.1) is 11.3 Å². The number of nitrogens with two attached hydrogens (primary N) is 1. The summed E-state index contributed by atoms with van der Waals surface area (Å²) in [7, 11) is 0. The molecule has 0 aliphatic carbocycles. The van der Waals surface area contributed by atoms with Crippen LogP contribution in [0.3, 0.4) is 0 Å². The third-order valence-electron chi connectivity index (χ3n) is 1.16.